The van der Waals surface area contributed by atoms with Crippen molar-refractivity contribution in [3.05, 3.63) is 96.4 Å². The first-order chi connectivity index (χ1) is 12.8. The Labute approximate surface area is 156 Å². The molecule has 0 aliphatic carbocycles. The summed E-state index contributed by atoms with van der Waals surface area (Å²) < 4.78 is 5.67. The lowest BCUT2D eigenvalue weighted by Crippen LogP contribution is -1.80. The molecular formula is C22H15ClN2O. The van der Waals surface area contributed by atoms with Gasteiger partial charge in [0.2, 0.25) is 5.89 Å². The van der Waals surface area contributed by atoms with Gasteiger partial charge in [0.15, 0.2) is 0 Å². The molecule has 3 aromatic carbocycles. The van der Waals surface area contributed by atoms with E-state index >= 15 is 0 Å². The van der Waals surface area contributed by atoms with Gasteiger partial charge in [-0.2, -0.15) is 0 Å². The van der Waals surface area contributed by atoms with Crippen LogP contribution in [0.4, 0.5) is 0 Å². The Hall–Kier alpha value is -3.17. The highest BCUT2D eigenvalue weighted by atomic mass is 35.5. The molecule has 0 N–H and O–H groups in total. The van der Waals surface area contributed by atoms with Gasteiger partial charge in [-0.3, -0.25) is 0 Å². The number of hydrogen-bond donors (Lipinski definition) is 0. The Morgan fingerprint density at radius 1 is 0.692 bits per heavy atom. The van der Waals surface area contributed by atoms with Gasteiger partial charge in [-0.15, -0.1) is 10.2 Å². The van der Waals surface area contributed by atoms with Gasteiger partial charge in [-0.05, 0) is 34.9 Å². The first-order valence-corrected chi connectivity index (χ1v) is 8.59. The molecule has 0 bridgehead atoms. The van der Waals surface area contributed by atoms with Crippen molar-refractivity contribution < 1.29 is 4.42 Å². The molecule has 4 aromatic rings. The average molecular weight is 359 g/mol. The van der Waals surface area contributed by atoms with E-state index in [1.54, 1.807) is 0 Å². The van der Waals surface area contributed by atoms with Crippen molar-refractivity contribution in [2.75, 3.05) is 0 Å². The maximum Gasteiger partial charge on any atom is 0.259 e. The minimum absolute atomic E-state index is 0.303. The Morgan fingerprint density at radius 3 is 1.92 bits per heavy atom. The average Bonchev–Trinajstić information content (AvgIpc) is 3.20. The summed E-state index contributed by atoms with van der Waals surface area (Å²) in [7, 11) is 0. The number of halogens is 1. The third-order valence-electron chi connectivity index (χ3n) is 3.96. The predicted octanol–water partition coefficient (Wildman–Crippen LogP) is 6.14. The zero-order valence-corrected chi connectivity index (χ0v) is 14.6. The summed E-state index contributed by atoms with van der Waals surface area (Å²) in [6, 6.07) is 28.0. The van der Waals surface area contributed by atoms with Gasteiger partial charge in [0.1, 0.15) is 5.03 Å². The van der Waals surface area contributed by atoms with Crippen LogP contribution in [0.2, 0.25) is 0 Å². The second-order valence-electron chi connectivity index (χ2n) is 5.76. The van der Waals surface area contributed by atoms with E-state index in [9.17, 15) is 0 Å². The fourth-order valence-corrected chi connectivity index (χ4v) is 2.83. The lowest BCUT2D eigenvalue weighted by atomic mass is 10.0. The van der Waals surface area contributed by atoms with Crippen molar-refractivity contribution in [1.82, 2.24) is 10.2 Å². The SMILES string of the molecule is Cl/C(=C\c1ccc(-c2ccccc2)cc1)c1nnc(-c2ccccc2)o1. The van der Waals surface area contributed by atoms with Crippen molar-refractivity contribution >= 4 is 22.7 Å². The smallest absolute Gasteiger partial charge is 0.259 e. The molecule has 0 atom stereocenters. The van der Waals surface area contributed by atoms with Crippen LogP contribution in [-0.2, 0) is 0 Å². The molecule has 0 radical (unpaired) electrons. The largest absolute Gasteiger partial charge is 0.415 e. The molecule has 0 saturated carbocycles. The third-order valence-corrected chi connectivity index (χ3v) is 4.23. The second kappa shape index (κ2) is 7.38. The van der Waals surface area contributed by atoms with Crippen molar-refractivity contribution in [1.29, 1.82) is 0 Å². The molecule has 0 unspecified atom stereocenters. The second-order valence-corrected chi connectivity index (χ2v) is 6.17. The molecule has 4 rings (SSSR count). The zero-order valence-electron chi connectivity index (χ0n) is 13.8. The van der Waals surface area contributed by atoms with E-state index in [-0.39, 0.29) is 0 Å². The van der Waals surface area contributed by atoms with E-state index in [4.69, 9.17) is 16.0 Å². The maximum absolute atomic E-state index is 6.36. The lowest BCUT2D eigenvalue weighted by Gasteiger charge is -2.02. The fourth-order valence-electron chi connectivity index (χ4n) is 2.63. The quantitative estimate of drug-likeness (QED) is 0.439. The van der Waals surface area contributed by atoms with Crippen LogP contribution in [0.1, 0.15) is 11.5 Å². The molecule has 0 aliphatic rings. The Kier molecular flexibility index (Phi) is 4.63. The molecule has 0 spiro atoms. The van der Waals surface area contributed by atoms with Crippen molar-refractivity contribution in [2.45, 2.75) is 0 Å². The minimum Gasteiger partial charge on any atom is -0.415 e. The summed E-state index contributed by atoms with van der Waals surface area (Å²) in [5, 5.41) is 8.51. The topological polar surface area (TPSA) is 38.9 Å². The van der Waals surface area contributed by atoms with Gasteiger partial charge >= 0.3 is 0 Å². The lowest BCUT2D eigenvalue weighted by molar-refractivity contribution is 0.556. The van der Waals surface area contributed by atoms with E-state index in [1.807, 2.05) is 66.7 Å². The van der Waals surface area contributed by atoms with Crippen LogP contribution in [-0.4, -0.2) is 10.2 Å². The van der Waals surface area contributed by atoms with Crippen LogP contribution >= 0.6 is 11.6 Å². The first-order valence-electron chi connectivity index (χ1n) is 8.21. The summed E-state index contributed by atoms with van der Waals surface area (Å²) >= 11 is 6.36. The normalized spacial score (nSPS) is 11.5. The first kappa shape index (κ1) is 16.3. The van der Waals surface area contributed by atoms with Crippen LogP contribution < -0.4 is 0 Å². The summed E-state index contributed by atoms with van der Waals surface area (Å²) in [5.74, 6) is 0.754. The molecule has 0 fully saturated rings. The van der Waals surface area contributed by atoms with Gasteiger partial charge < -0.3 is 4.42 Å². The maximum atomic E-state index is 6.36. The number of aromatic nitrogens is 2. The molecule has 4 heteroatoms. The van der Waals surface area contributed by atoms with E-state index in [1.165, 1.54) is 5.56 Å². The Morgan fingerprint density at radius 2 is 1.27 bits per heavy atom. The van der Waals surface area contributed by atoms with Gasteiger partial charge in [-0.1, -0.05) is 84.4 Å². The van der Waals surface area contributed by atoms with Gasteiger partial charge in [-0.25, -0.2) is 0 Å². The highest BCUT2D eigenvalue weighted by molar-refractivity contribution is 6.50. The summed E-state index contributed by atoms with van der Waals surface area (Å²) in [6.45, 7) is 0. The molecular weight excluding hydrogens is 344 g/mol. The summed E-state index contributed by atoms with van der Waals surface area (Å²) in [4.78, 5) is 0. The van der Waals surface area contributed by atoms with Crippen LogP contribution in [0.3, 0.4) is 0 Å². The number of rotatable bonds is 4. The van der Waals surface area contributed by atoms with Gasteiger partial charge in [0, 0.05) is 5.56 Å². The summed E-state index contributed by atoms with van der Waals surface area (Å²) in [6.07, 6.45) is 1.82. The van der Waals surface area contributed by atoms with Gasteiger partial charge in [0.25, 0.3) is 5.89 Å². The molecule has 0 amide bonds. The minimum atomic E-state index is 0.303. The predicted molar refractivity (Wildman–Crippen MR) is 105 cm³/mol. The highest BCUT2D eigenvalue weighted by Gasteiger charge is 2.11. The zero-order chi connectivity index (χ0) is 17.8. The fraction of sp³-hybridized carbons (Fsp3) is 0. The van der Waals surface area contributed by atoms with Crippen LogP contribution in [0.25, 0.3) is 33.7 Å². The number of benzene rings is 3. The van der Waals surface area contributed by atoms with E-state index in [0.717, 1.165) is 16.7 Å². The van der Waals surface area contributed by atoms with Crippen molar-refractivity contribution in [3.8, 4) is 22.6 Å². The van der Waals surface area contributed by atoms with Crippen LogP contribution in [0.15, 0.2) is 89.3 Å². The van der Waals surface area contributed by atoms with E-state index < -0.39 is 0 Å². The number of hydrogen-bond acceptors (Lipinski definition) is 3. The standard InChI is InChI=1S/C22H15ClN2O/c23-20(22-25-24-21(26-22)19-9-5-2-6-10-19)15-16-11-13-18(14-12-16)17-7-3-1-4-8-17/h1-15H/b20-15-. The summed E-state index contributed by atoms with van der Waals surface area (Å²) in [5.41, 5.74) is 4.17. The van der Waals surface area contributed by atoms with Crippen molar-refractivity contribution in [2.24, 2.45) is 0 Å². The van der Waals surface area contributed by atoms with Crippen LogP contribution in [0.5, 0.6) is 0 Å². The molecule has 1 aromatic heterocycles. The Balaban J connectivity index is 1.56. The molecule has 0 aliphatic heterocycles. The monoisotopic (exact) mass is 358 g/mol. The van der Waals surface area contributed by atoms with E-state index in [2.05, 4.69) is 34.5 Å². The van der Waals surface area contributed by atoms with Crippen LogP contribution in [0, 0.1) is 0 Å². The molecule has 0 saturated heterocycles. The van der Waals surface area contributed by atoms with E-state index in [0.29, 0.717) is 16.8 Å². The molecule has 126 valence electrons. The molecule has 3 nitrogen and oxygen atoms in total. The Bertz CT molecular complexity index is 1020. The number of nitrogens with zero attached hydrogens (tertiary/aromatic N) is 2. The molecule has 26 heavy (non-hydrogen) atoms. The molecule has 1 heterocycles. The third kappa shape index (κ3) is 3.58. The highest BCUT2D eigenvalue weighted by Crippen LogP contribution is 2.26. The van der Waals surface area contributed by atoms with Crippen molar-refractivity contribution in [3.63, 3.8) is 0 Å². The van der Waals surface area contributed by atoms with Gasteiger partial charge in [0.05, 0.1) is 0 Å².